The molecular formula is C27H31ClN6O4. The van der Waals surface area contributed by atoms with Gasteiger partial charge in [-0.2, -0.15) is 0 Å². The normalized spacial score (nSPS) is 16.9. The van der Waals surface area contributed by atoms with Gasteiger partial charge in [-0.25, -0.2) is 9.78 Å². The Labute approximate surface area is 226 Å². The third-order valence-corrected chi connectivity index (χ3v) is 7.61. The molecule has 4 heterocycles. The number of fused-ring (bicyclic) bond motifs is 1. The van der Waals surface area contributed by atoms with E-state index < -0.39 is 6.09 Å². The fourth-order valence-corrected chi connectivity index (χ4v) is 5.37. The van der Waals surface area contributed by atoms with Gasteiger partial charge in [-0.1, -0.05) is 11.6 Å². The molecule has 5 rings (SSSR count). The molecule has 10 nitrogen and oxygen atoms in total. The maximum Gasteiger partial charge on any atom is 0.407 e. The van der Waals surface area contributed by atoms with Gasteiger partial charge in [0.25, 0.3) is 11.8 Å². The molecule has 0 atom stereocenters. The number of benzene rings is 1. The second-order valence-corrected chi connectivity index (χ2v) is 10.3. The Morgan fingerprint density at radius 2 is 1.47 bits per heavy atom. The summed E-state index contributed by atoms with van der Waals surface area (Å²) >= 11 is 6.19. The van der Waals surface area contributed by atoms with Crippen LogP contribution in [0.1, 0.15) is 34.7 Å². The number of halogens is 1. The molecule has 2 fully saturated rings. The molecule has 1 N–H and O–H groups in total. The lowest BCUT2D eigenvalue weighted by Gasteiger charge is -2.37. The van der Waals surface area contributed by atoms with Crippen molar-refractivity contribution in [3.8, 4) is 5.69 Å². The van der Waals surface area contributed by atoms with E-state index in [0.717, 1.165) is 24.0 Å². The van der Waals surface area contributed by atoms with E-state index >= 15 is 0 Å². The van der Waals surface area contributed by atoms with Crippen LogP contribution in [0.25, 0.3) is 16.6 Å². The van der Waals surface area contributed by atoms with Gasteiger partial charge in [-0.15, -0.1) is 0 Å². The summed E-state index contributed by atoms with van der Waals surface area (Å²) in [5.41, 5.74) is 2.44. The number of hydrogen-bond donors (Lipinski definition) is 1. The average Bonchev–Trinajstić information content (AvgIpc) is 3.31. The van der Waals surface area contributed by atoms with E-state index in [0.29, 0.717) is 54.3 Å². The molecule has 38 heavy (non-hydrogen) atoms. The smallest absolute Gasteiger partial charge is 0.407 e. The lowest BCUT2D eigenvalue weighted by Crippen LogP contribution is -2.50. The van der Waals surface area contributed by atoms with E-state index in [9.17, 15) is 19.5 Å². The number of pyridine rings is 1. The van der Waals surface area contributed by atoms with Gasteiger partial charge >= 0.3 is 6.09 Å². The van der Waals surface area contributed by atoms with Gasteiger partial charge in [-0.3, -0.25) is 14.5 Å². The lowest BCUT2D eigenvalue weighted by atomic mass is 10.1. The molecule has 1 aromatic carbocycles. The molecule has 2 aromatic heterocycles. The third kappa shape index (κ3) is 5.06. The van der Waals surface area contributed by atoms with E-state index in [2.05, 4.69) is 23.7 Å². The van der Waals surface area contributed by atoms with Crippen LogP contribution >= 0.6 is 11.6 Å². The summed E-state index contributed by atoms with van der Waals surface area (Å²) in [6.07, 6.45) is 0.596. The van der Waals surface area contributed by atoms with Crippen molar-refractivity contribution in [2.45, 2.75) is 19.9 Å². The number of aromatic nitrogens is 2. The monoisotopic (exact) mass is 538 g/mol. The Balaban J connectivity index is 1.48. The number of nitrogens with zero attached hydrogens (tertiary/aromatic N) is 6. The van der Waals surface area contributed by atoms with Gasteiger partial charge in [0, 0.05) is 75.5 Å². The summed E-state index contributed by atoms with van der Waals surface area (Å²) in [5, 5.41) is 10.3. The van der Waals surface area contributed by atoms with E-state index in [-0.39, 0.29) is 24.9 Å². The van der Waals surface area contributed by atoms with Crippen LogP contribution in [0.2, 0.25) is 5.15 Å². The van der Waals surface area contributed by atoms with Crippen LogP contribution in [0, 0.1) is 0 Å². The molecule has 3 amide bonds. The van der Waals surface area contributed by atoms with Gasteiger partial charge < -0.3 is 24.4 Å². The van der Waals surface area contributed by atoms with Crippen molar-refractivity contribution in [1.29, 1.82) is 0 Å². The molecule has 0 spiro atoms. The van der Waals surface area contributed by atoms with Crippen molar-refractivity contribution in [2.75, 3.05) is 52.4 Å². The number of amides is 3. The van der Waals surface area contributed by atoms with E-state index in [1.807, 2.05) is 21.6 Å². The molecule has 0 radical (unpaired) electrons. The van der Waals surface area contributed by atoms with E-state index in [1.165, 1.54) is 4.90 Å². The van der Waals surface area contributed by atoms with Crippen molar-refractivity contribution in [3.63, 3.8) is 0 Å². The molecule has 0 bridgehead atoms. The highest BCUT2D eigenvalue weighted by atomic mass is 35.5. The van der Waals surface area contributed by atoms with Gasteiger partial charge in [0.2, 0.25) is 0 Å². The van der Waals surface area contributed by atoms with E-state index in [4.69, 9.17) is 11.6 Å². The van der Waals surface area contributed by atoms with Crippen LogP contribution in [0.3, 0.4) is 0 Å². The zero-order chi connectivity index (χ0) is 27.0. The molecule has 3 aromatic rings. The fourth-order valence-electron chi connectivity index (χ4n) is 5.20. The highest BCUT2D eigenvalue weighted by molar-refractivity contribution is 6.29. The topological polar surface area (TPSA) is 102 Å². The maximum absolute atomic E-state index is 13.7. The van der Waals surface area contributed by atoms with Crippen molar-refractivity contribution in [1.82, 2.24) is 29.2 Å². The summed E-state index contributed by atoms with van der Waals surface area (Å²) < 4.78 is 1.82. The number of carbonyl (C=O) groups excluding carboxylic acids is 2. The van der Waals surface area contributed by atoms with Crippen LogP contribution < -0.4 is 0 Å². The quantitative estimate of drug-likeness (QED) is 0.511. The fraction of sp³-hybridized carbons (Fsp3) is 0.407. The highest BCUT2D eigenvalue weighted by Gasteiger charge is 2.28. The standard InChI is InChI=1S/C27H31ClN6O4/c1-18(2)30-7-9-31(10-8-30)25(35)19-3-4-22-20(15-19)16-23(34(22)21-5-6-29-24(28)17-21)26(36)32-11-13-33(14-12-32)27(37)38/h3-6,15-18H,7-14H2,1-2H3,(H,37,38). The molecule has 0 saturated carbocycles. The Kier molecular flexibility index (Phi) is 7.27. The van der Waals surface area contributed by atoms with E-state index in [1.54, 1.807) is 35.4 Å². The van der Waals surface area contributed by atoms with Crippen molar-refractivity contribution in [3.05, 3.63) is 59.0 Å². The van der Waals surface area contributed by atoms with Gasteiger partial charge in [0.05, 0.1) is 11.2 Å². The molecule has 11 heteroatoms. The van der Waals surface area contributed by atoms with Crippen molar-refractivity contribution < 1.29 is 19.5 Å². The first-order valence-electron chi connectivity index (χ1n) is 12.8. The van der Waals surface area contributed by atoms with Crippen LogP contribution in [0.4, 0.5) is 4.79 Å². The third-order valence-electron chi connectivity index (χ3n) is 7.41. The minimum absolute atomic E-state index is 0.0207. The second kappa shape index (κ2) is 10.6. The summed E-state index contributed by atoms with van der Waals surface area (Å²) in [6, 6.07) is 11.2. The van der Waals surface area contributed by atoms with Crippen LogP contribution in [-0.2, 0) is 0 Å². The molecule has 200 valence electrons. The predicted octanol–water partition coefficient (Wildman–Crippen LogP) is 3.28. The molecule has 0 aliphatic carbocycles. The maximum atomic E-state index is 13.7. The zero-order valence-corrected chi connectivity index (χ0v) is 22.3. The predicted molar refractivity (Wildman–Crippen MR) is 144 cm³/mol. The van der Waals surface area contributed by atoms with Gasteiger partial charge in [0.1, 0.15) is 10.8 Å². The number of carbonyl (C=O) groups is 3. The lowest BCUT2D eigenvalue weighted by molar-refractivity contribution is 0.0595. The minimum atomic E-state index is -0.986. The van der Waals surface area contributed by atoms with Crippen molar-refractivity contribution in [2.24, 2.45) is 0 Å². The summed E-state index contributed by atoms with van der Waals surface area (Å²) in [6.45, 7) is 8.49. The van der Waals surface area contributed by atoms with Crippen LogP contribution in [0.15, 0.2) is 42.6 Å². The molecule has 0 unspecified atom stereocenters. The Morgan fingerprint density at radius 3 is 2.11 bits per heavy atom. The zero-order valence-electron chi connectivity index (χ0n) is 21.5. The number of piperazine rings is 2. The van der Waals surface area contributed by atoms with Gasteiger partial charge in [0.15, 0.2) is 0 Å². The number of rotatable bonds is 4. The Morgan fingerprint density at radius 1 is 0.842 bits per heavy atom. The minimum Gasteiger partial charge on any atom is -0.465 e. The largest absolute Gasteiger partial charge is 0.465 e. The summed E-state index contributed by atoms with van der Waals surface area (Å²) in [5.74, 6) is -0.232. The Bertz CT molecular complexity index is 1370. The highest BCUT2D eigenvalue weighted by Crippen LogP contribution is 2.28. The summed E-state index contributed by atoms with van der Waals surface area (Å²) in [4.78, 5) is 49.6. The first-order chi connectivity index (χ1) is 18.2. The first kappa shape index (κ1) is 26.0. The molecule has 2 aliphatic rings. The number of carboxylic acid groups (broad SMARTS) is 1. The van der Waals surface area contributed by atoms with Gasteiger partial charge in [-0.05, 0) is 50.2 Å². The first-order valence-corrected chi connectivity index (χ1v) is 13.2. The van der Waals surface area contributed by atoms with Crippen LogP contribution in [0.5, 0.6) is 0 Å². The SMILES string of the molecule is CC(C)N1CCN(C(=O)c2ccc3c(c2)cc(C(=O)N2CCN(C(=O)O)CC2)n3-c2ccnc(Cl)c2)CC1. The average molecular weight is 539 g/mol. The molecule has 2 aliphatic heterocycles. The Hall–Kier alpha value is -3.63. The molecular weight excluding hydrogens is 508 g/mol. The van der Waals surface area contributed by atoms with Crippen molar-refractivity contribution >= 4 is 40.4 Å². The number of hydrogen-bond acceptors (Lipinski definition) is 5. The van der Waals surface area contributed by atoms with Crippen LogP contribution in [-0.4, -0.2) is 111 Å². The second-order valence-electron chi connectivity index (χ2n) is 9.96. The summed E-state index contributed by atoms with van der Waals surface area (Å²) in [7, 11) is 0. The molecule has 2 saturated heterocycles.